The Balaban J connectivity index is 1.88. The zero-order valence-electron chi connectivity index (χ0n) is 13.1. The molecule has 2 aromatic carbocycles. The highest BCUT2D eigenvalue weighted by Crippen LogP contribution is 2.25. The van der Waals surface area contributed by atoms with Crippen LogP contribution in [0.15, 0.2) is 46.9 Å². The first-order valence-electron chi connectivity index (χ1n) is 7.15. The van der Waals surface area contributed by atoms with Crippen molar-refractivity contribution >= 4 is 56.7 Å². The lowest BCUT2D eigenvalue weighted by Crippen LogP contribution is -2.21. The van der Waals surface area contributed by atoms with E-state index in [2.05, 4.69) is 26.6 Å². The van der Waals surface area contributed by atoms with Crippen LogP contribution in [0.25, 0.3) is 0 Å². The van der Waals surface area contributed by atoms with E-state index in [-0.39, 0.29) is 11.5 Å². The van der Waals surface area contributed by atoms with E-state index in [1.807, 2.05) is 0 Å². The summed E-state index contributed by atoms with van der Waals surface area (Å²) in [6.07, 6.45) is 0. The van der Waals surface area contributed by atoms with Crippen molar-refractivity contribution in [2.45, 2.75) is 6.92 Å². The molecule has 0 aliphatic carbocycles. The fourth-order valence-corrected chi connectivity index (χ4v) is 2.61. The van der Waals surface area contributed by atoms with Gasteiger partial charge in [-0.2, -0.15) is 0 Å². The molecule has 0 fully saturated rings. The number of anilines is 2. The Morgan fingerprint density at radius 3 is 2.36 bits per heavy atom. The summed E-state index contributed by atoms with van der Waals surface area (Å²) in [6, 6.07) is 11.1. The summed E-state index contributed by atoms with van der Waals surface area (Å²) in [4.78, 5) is 34.7. The van der Waals surface area contributed by atoms with Gasteiger partial charge in [-0.25, -0.2) is 4.79 Å². The maximum atomic E-state index is 11.9. The van der Waals surface area contributed by atoms with Gasteiger partial charge in [0.25, 0.3) is 5.91 Å². The van der Waals surface area contributed by atoms with Crippen molar-refractivity contribution in [2.24, 2.45) is 0 Å². The highest BCUT2D eigenvalue weighted by atomic mass is 79.9. The van der Waals surface area contributed by atoms with Crippen molar-refractivity contribution in [3.05, 3.63) is 57.5 Å². The van der Waals surface area contributed by atoms with Gasteiger partial charge in [0.15, 0.2) is 6.61 Å². The zero-order chi connectivity index (χ0) is 18.4. The quantitative estimate of drug-likeness (QED) is 0.713. The molecule has 2 rings (SSSR count). The molecule has 6 nitrogen and oxygen atoms in total. The Kier molecular flexibility index (Phi) is 6.55. The van der Waals surface area contributed by atoms with E-state index in [1.54, 1.807) is 30.3 Å². The second-order valence-corrected chi connectivity index (χ2v) is 6.33. The molecule has 0 aliphatic heterocycles. The van der Waals surface area contributed by atoms with Crippen LogP contribution in [0, 0.1) is 0 Å². The Bertz CT molecular complexity index is 809. The number of amides is 2. The first-order chi connectivity index (χ1) is 11.8. The van der Waals surface area contributed by atoms with Crippen molar-refractivity contribution < 1.29 is 19.1 Å². The highest BCUT2D eigenvalue weighted by Gasteiger charge is 2.12. The monoisotopic (exact) mass is 424 g/mol. The fourth-order valence-electron chi connectivity index (χ4n) is 1.88. The molecule has 0 spiro atoms. The first kappa shape index (κ1) is 19.0. The number of ether oxygens (including phenoxy) is 1. The minimum absolute atomic E-state index is 0.210. The molecule has 0 aromatic heterocycles. The summed E-state index contributed by atoms with van der Waals surface area (Å²) in [6.45, 7) is 0.942. The smallest absolute Gasteiger partial charge is 0.338 e. The van der Waals surface area contributed by atoms with Gasteiger partial charge in [0.1, 0.15) is 0 Å². The van der Waals surface area contributed by atoms with Crippen LogP contribution in [0.1, 0.15) is 17.3 Å². The second-order valence-electron chi connectivity index (χ2n) is 5.01. The van der Waals surface area contributed by atoms with E-state index >= 15 is 0 Å². The molecular weight excluding hydrogens is 412 g/mol. The molecule has 0 radical (unpaired) electrons. The SMILES string of the molecule is CC(=O)Nc1ccc(C(=O)OCC(=O)Nc2ccc(Br)cc2Cl)cc1. The molecule has 0 atom stereocenters. The predicted octanol–water partition coefficient (Wildman–Crippen LogP) is 3.86. The Hall–Kier alpha value is -2.38. The van der Waals surface area contributed by atoms with Crippen LogP contribution in [-0.2, 0) is 14.3 Å². The van der Waals surface area contributed by atoms with Crippen molar-refractivity contribution in [3.63, 3.8) is 0 Å². The van der Waals surface area contributed by atoms with E-state index in [0.29, 0.717) is 16.4 Å². The van der Waals surface area contributed by atoms with E-state index in [4.69, 9.17) is 16.3 Å². The van der Waals surface area contributed by atoms with Crippen LogP contribution >= 0.6 is 27.5 Å². The van der Waals surface area contributed by atoms with Crippen LogP contribution < -0.4 is 10.6 Å². The normalized spacial score (nSPS) is 10.0. The first-order valence-corrected chi connectivity index (χ1v) is 8.32. The van der Waals surface area contributed by atoms with Gasteiger partial charge in [0, 0.05) is 17.1 Å². The molecule has 2 N–H and O–H groups in total. The number of esters is 1. The molecule has 25 heavy (non-hydrogen) atoms. The zero-order valence-corrected chi connectivity index (χ0v) is 15.5. The highest BCUT2D eigenvalue weighted by molar-refractivity contribution is 9.10. The van der Waals surface area contributed by atoms with Crippen molar-refractivity contribution in [1.82, 2.24) is 0 Å². The largest absolute Gasteiger partial charge is 0.452 e. The summed E-state index contributed by atoms with van der Waals surface area (Å²) < 4.78 is 5.74. The lowest BCUT2D eigenvalue weighted by molar-refractivity contribution is -0.119. The topological polar surface area (TPSA) is 84.5 Å². The van der Waals surface area contributed by atoms with E-state index in [0.717, 1.165) is 4.47 Å². The molecule has 0 saturated heterocycles. The van der Waals surface area contributed by atoms with Gasteiger partial charge in [-0.1, -0.05) is 27.5 Å². The molecule has 0 saturated carbocycles. The maximum Gasteiger partial charge on any atom is 0.338 e. The van der Waals surface area contributed by atoms with Crippen molar-refractivity contribution in [3.8, 4) is 0 Å². The molecular formula is C17H14BrClN2O4. The average molecular weight is 426 g/mol. The number of rotatable bonds is 5. The van der Waals surface area contributed by atoms with Gasteiger partial charge >= 0.3 is 5.97 Å². The third-order valence-electron chi connectivity index (χ3n) is 2.98. The van der Waals surface area contributed by atoms with Gasteiger partial charge in [-0.15, -0.1) is 0 Å². The lowest BCUT2D eigenvalue weighted by Gasteiger charge is -2.09. The number of carbonyl (C=O) groups excluding carboxylic acids is 3. The predicted molar refractivity (Wildman–Crippen MR) is 98.8 cm³/mol. The third kappa shape index (κ3) is 5.88. The van der Waals surface area contributed by atoms with Gasteiger partial charge < -0.3 is 15.4 Å². The Labute approximate surface area is 157 Å². The van der Waals surface area contributed by atoms with E-state index in [1.165, 1.54) is 19.1 Å². The van der Waals surface area contributed by atoms with Crippen molar-refractivity contribution in [1.29, 1.82) is 0 Å². The fraction of sp³-hybridized carbons (Fsp3) is 0.118. The van der Waals surface area contributed by atoms with Crippen LogP contribution in [0.4, 0.5) is 11.4 Å². The minimum atomic E-state index is -0.647. The molecule has 8 heteroatoms. The average Bonchev–Trinajstić information content (AvgIpc) is 2.55. The Morgan fingerprint density at radius 2 is 1.76 bits per heavy atom. The molecule has 2 aromatic rings. The summed E-state index contributed by atoms with van der Waals surface area (Å²) >= 11 is 9.27. The van der Waals surface area contributed by atoms with Gasteiger partial charge in [0.2, 0.25) is 5.91 Å². The van der Waals surface area contributed by atoms with Crippen molar-refractivity contribution in [2.75, 3.05) is 17.2 Å². The standard InChI is InChI=1S/C17H14BrClN2O4/c1-10(22)20-13-5-2-11(3-6-13)17(24)25-9-16(23)21-15-7-4-12(18)8-14(15)19/h2-8H,9H2,1H3,(H,20,22)(H,21,23). The number of hydrogen-bond acceptors (Lipinski definition) is 4. The maximum absolute atomic E-state index is 11.9. The molecule has 0 unspecified atom stereocenters. The van der Waals surface area contributed by atoms with Gasteiger partial charge in [-0.05, 0) is 42.5 Å². The van der Waals surface area contributed by atoms with Crippen LogP contribution in [0.2, 0.25) is 5.02 Å². The van der Waals surface area contributed by atoms with E-state index in [9.17, 15) is 14.4 Å². The van der Waals surface area contributed by atoms with Crippen LogP contribution in [-0.4, -0.2) is 24.4 Å². The minimum Gasteiger partial charge on any atom is -0.452 e. The molecule has 2 amide bonds. The van der Waals surface area contributed by atoms with Crippen LogP contribution in [0.3, 0.4) is 0 Å². The van der Waals surface area contributed by atoms with Gasteiger partial charge in [0.05, 0.1) is 16.3 Å². The summed E-state index contributed by atoms with van der Waals surface area (Å²) in [7, 11) is 0. The molecule has 130 valence electrons. The van der Waals surface area contributed by atoms with Gasteiger partial charge in [-0.3, -0.25) is 9.59 Å². The molecule has 0 heterocycles. The lowest BCUT2D eigenvalue weighted by atomic mass is 10.2. The van der Waals surface area contributed by atoms with E-state index < -0.39 is 18.5 Å². The molecule has 0 aliphatic rings. The third-order valence-corrected chi connectivity index (χ3v) is 3.79. The number of nitrogens with one attached hydrogen (secondary N) is 2. The second kappa shape index (κ2) is 8.64. The number of hydrogen-bond donors (Lipinski definition) is 2. The summed E-state index contributed by atoms with van der Waals surface area (Å²) in [5, 5.41) is 5.51. The summed E-state index contributed by atoms with van der Waals surface area (Å²) in [5.74, 6) is -1.36. The Morgan fingerprint density at radius 1 is 1.08 bits per heavy atom. The number of benzene rings is 2. The molecule has 0 bridgehead atoms. The number of carbonyl (C=O) groups is 3. The summed E-state index contributed by atoms with van der Waals surface area (Å²) in [5.41, 5.74) is 1.25. The number of halogens is 2. The van der Waals surface area contributed by atoms with Crippen LogP contribution in [0.5, 0.6) is 0 Å².